The van der Waals surface area contributed by atoms with Gasteiger partial charge in [-0.05, 0) is 23.8 Å². The number of anilines is 1. The molecule has 3 N–H and O–H groups in total. The van der Waals surface area contributed by atoms with Gasteiger partial charge in [0.1, 0.15) is 6.61 Å². The molecule has 1 aliphatic heterocycles. The van der Waals surface area contributed by atoms with Gasteiger partial charge in [-0.15, -0.1) is 0 Å². The van der Waals surface area contributed by atoms with E-state index in [1.807, 2.05) is 36.4 Å². The van der Waals surface area contributed by atoms with E-state index >= 15 is 0 Å². The lowest BCUT2D eigenvalue weighted by atomic mass is 10.2. The summed E-state index contributed by atoms with van der Waals surface area (Å²) in [4.78, 5) is 12.1. The van der Waals surface area contributed by atoms with Crippen LogP contribution in [0.2, 0.25) is 0 Å². The fourth-order valence-electron chi connectivity index (χ4n) is 2.14. The molecule has 1 amide bonds. The molecule has 1 heterocycles. The van der Waals surface area contributed by atoms with Crippen molar-refractivity contribution in [2.45, 2.75) is 12.6 Å². The Bertz CT molecular complexity index is 657. The number of nitrogens with one attached hydrogen (secondary N) is 1. The maximum absolute atomic E-state index is 12.1. The van der Waals surface area contributed by atoms with Crippen molar-refractivity contribution in [1.82, 2.24) is 5.32 Å². The van der Waals surface area contributed by atoms with Crippen molar-refractivity contribution in [2.75, 3.05) is 12.3 Å². The van der Waals surface area contributed by atoms with Crippen molar-refractivity contribution in [3.63, 3.8) is 0 Å². The van der Waals surface area contributed by atoms with Gasteiger partial charge in [-0.1, -0.05) is 30.3 Å². The predicted molar refractivity (Wildman–Crippen MR) is 79.1 cm³/mol. The summed E-state index contributed by atoms with van der Waals surface area (Å²) in [6, 6.07) is 14.7. The summed E-state index contributed by atoms with van der Waals surface area (Å²) >= 11 is 0. The van der Waals surface area contributed by atoms with Crippen molar-refractivity contribution < 1.29 is 14.3 Å². The number of carbonyl (C=O) groups is 1. The van der Waals surface area contributed by atoms with E-state index in [0.29, 0.717) is 23.7 Å². The molecule has 0 aromatic heterocycles. The first-order valence-electron chi connectivity index (χ1n) is 6.73. The molecule has 0 aliphatic carbocycles. The lowest BCUT2D eigenvalue weighted by molar-refractivity contribution is -0.130. The third kappa shape index (κ3) is 2.91. The highest BCUT2D eigenvalue weighted by Crippen LogP contribution is 2.30. The number of amides is 1. The van der Waals surface area contributed by atoms with E-state index in [2.05, 4.69) is 5.32 Å². The first-order valence-corrected chi connectivity index (χ1v) is 6.73. The Morgan fingerprint density at radius 3 is 2.67 bits per heavy atom. The van der Waals surface area contributed by atoms with Crippen LogP contribution in [-0.2, 0) is 11.3 Å². The fraction of sp³-hybridized carbons (Fsp3) is 0.188. The lowest BCUT2D eigenvalue weighted by Gasteiger charge is -2.25. The van der Waals surface area contributed by atoms with E-state index in [0.717, 1.165) is 5.56 Å². The number of nitrogen functional groups attached to an aromatic ring is 1. The summed E-state index contributed by atoms with van der Waals surface area (Å²) in [5, 5.41) is 2.82. The largest absolute Gasteiger partial charge is 0.485 e. The van der Waals surface area contributed by atoms with Crippen molar-refractivity contribution in [3.05, 3.63) is 54.1 Å². The van der Waals surface area contributed by atoms with Gasteiger partial charge in [0.25, 0.3) is 5.91 Å². The molecule has 21 heavy (non-hydrogen) atoms. The van der Waals surface area contributed by atoms with Crippen LogP contribution in [0, 0.1) is 0 Å². The number of nitrogens with two attached hydrogens (primary N) is 1. The quantitative estimate of drug-likeness (QED) is 0.842. The number of fused-ring (bicyclic) bond motifs is 1. The van der Waals surface area contributed by atoms with E-state index in [-0.39, 0.29) is 12.5 Å². The van der Waals surface area contributed by atoms with Gasteiger partial charge in [-0.3, -0.25) is 4.79 Å². The summed E-state index contributed by atoms with van der Waals surface area (Å²) in [7, 11) is 0. The number of carbonyl (C=O) groups excluding carboxylic acids is 1. The van der Waals surface area contributed by atoms with E-state index < -0.39 is 6.10 Å². The third-order valence-electron chi connectivity index (χ3n) is 3.31. The van der Waals surface area contributed by atoms with Crippen LogP contribution in [0.3, 0.4) is 0 Å². The van der Waals surface area contributed by atoms with E-state index in [9.17, 15) is 4.79 Å². The number of rotatable bonds is 3. The molecule has 0 fully saturated rings. The first-order chi connectivity index (χ1) is 10.2. The number of hydrogen-bond donors (Lipinski definition) is 2. The molecule has 1 aliphatic rings. The number of para-hydroxylation sites is 3. The van der Waals surface area contributed by atoms with Crippen LogP contribution < -0.4 is 20.5 Å². The van der Waals surface area contributed by atoms with E-state index in [4.69, 9.17) is 15.2 Å². The average Bonchev–Trinajstić information content (AvgIpc) is 2.53. The van der Waals surface area contributed by atoms with E-state index in [1.165, 1.54) is 0 Å². The molecule has 0 saturated carbocycles. The minimum absolute atomic E-state index is 0.202. The maximum atomic E-state index is 12.1. The van der Waals surface area contributed by atoms with Crippen LogP contribution in [0.1, 0.15) is 5.56 Å². The van der Waals surface area contributed by atoms with Gasteiger partial charge in [0, 0.05) is 12.2 Å². The van der Waals surface area contributed by atoms with Crippen molar-refractivity contribution in [1.29, 1.82) is 0 Å². The van der Waals surface area contributed by atoms with Crippen LogP contribution in [0.25, 0.3) is 0 Å². The standard InChI is InChI=1S/C16H16N2O3/c17-12-6-2-1-5-11(12)9-18-16(19)15-10-20-13-7-3-4-8-14(13)21-15/h1-8,15H,9-10,17H2,(H,18,19). The molecule has 1 atom stereocenters. The molecule has 2 aromatic rings. The first kappa shape index (κ1) is 13.3. The topological polar surface area (TPSA) is 73.6 Å². The Labute approximate surface area is 122 Å². The highest BCUT2D eigenvalue weighted by atomic mass is 16.6. The highest BCUT2D eigenvalue weighted by molar-refractivity contribution is 5.81. The Kier molecular flexibility index (Phi) is 3.64. The molecule has 3 rings (SSSR count). The zero-order valence-corrected chi connectivity index (χ0v) is 11.4. The number of ether oxygens (including phenoxy) is 2. The fourth-order valence-corrected chi connectivity index (χ4v) is 2.14. The van der Waals surface area contributed by atoms with Crippen molar-refractivity contribution >= 4 is 11.6 Å². The summed E-state index contributed by atoms with van der Waals surface area (Å²) in [5.74, 6) is 1.03. The third-order valence-corrected chi connectivity index (χ3v) is 3.31. The number of hydrogen-bond acceptors (Lipinski definition) is 4. The predicted octanol–water partition coefficient (Wildman–Crippen LogP) is 1.72. The van der Waals surface area contributed by atoms with Gasteiger partial charge >= 0.3 is 0 Å². The molecule has 0 bridgehead atoms. The van der Waals surface area contributed by atoms with Gasteiger partial charge in [0.15, 0.2) is 11.5 Å². The summed E-state index contributed by atoms with van der Waals surface area (Å²) in [6.07, 6.45) is -0.648. The molecule has 5 nitrogen and oxygen atoms in total. The zero-order valence-electron chi connectivity index (χ0n) is 11.4. The Morgan fingerprint density at radius 2 is 1.86 bits per heavy atom. The van der Waals surface area contributed by atoms with Gasteiger partial charge < -0.3 is 20.5 Å². The van der Waals surface area contributed by atoms with Crippen molar-refractivity contribution in [3.8, 4) is 11.5 Å². The number of benzene rings is 2. The monoisotopic (exact) mass is 284 g/mol. The Balaban J connectivity index is 1.61. The second-order valence-electron chi connectivity index (χ2n) is 4.78. The molecule has 0 saturated heterocycles. The van der Waals surface area contributed by atoms with Crippen LogP contribution >= 0.6 is 0 Å². The molecule has 0 radical (unpaired) electrons. The average molecular weight is 284 g/mol. The maximum Gasteiger partial charge on any atom is 0.264 e. The molecular formula is C16H16N2O3. The molecule has 108 valence electrons. The summed E-state index contributed by atoms with van der Waals surface area (Å²) < 4.78 is 11.2. The lowest BCUT2D eigenvalue weighted by Crippen LogP contribution is -2.43. The molecule has 1 unspecified atom stereocenters. The van der Waals surface area contributed by atoms with Crippen LogP contribution in [0.5, 0.6) is 11.5 Å². The normalized spacial score (nSPS) is 16.3. The SMILES string of the molecule is Nc1ccccc1CNC(=O)C1COc2ccccc2O1. The van der Waals surface area contributed by atoms with Gasteiger partial charge in [-0.2, -0.15) is 0 Å². The smallest absolute Gasteiger partial charge is 0.264 e. The zero-order chi connectivity index (χ0) is 14.7. The van der Waals surface area contributed by atoms with Crippen LogP contribution in [-0.4, -0.2) is 18.6 Å². The molecule has 5 heteroatoms. The Hall–Kier alpha value is -2.69. The second kappa shape index (κ2) is 5.75. The minimum Gasteiger partial charge on any atom is -0.485 e. The molecular weight excluding hydrogens is 268 g/mol. The van der Waals surface area contributed by atoms with Crippen molar-refractivity contribution in [2.24, 2.45) is 0 Å². The van der Waals surface area contributed by atoms with Gasteiger partial charge in [-0.25, -0.2) is 0 Å². The highest BCUT2D eigenvalue weighted by Gasteiger charge is 2.26. The van der Waals surface area contributed by atoms with Crippen LogP contribution in [0.4, 0.5) is 5.69 Å². The summed E-state index contributed by atoms with van der Waals surface area (Å²) in [6.45, 7) is 0.570. The van der Waals surface area contributed by atoms with Gasteiger partial charge in [0.05, 0.1) is 0 Å². The Morgan fingerprint density at radius 1 is 1.14 bits per heavy atom. The molecule has 0 spiro atoms. The molecule has 2 aromatic carbocycles. The summed E-state index contributed by atoms with van der Waals surface area (Å²) in [5.41, 5.74) is 7.38. The van der Waals surface area contributed by atoms with Gasteiger partial charge in [0.2, 0.25) is 6.10 Å². The second-order valence-corrected chi connectivity index (χ2v) is 4.78. The van der Waals surface area contributed by atoms with Crippen LogP contribution in [0.15, 0.2) is 48.5 Å². The minimum atomic E-state index is -0.648. The van der Waals surface area contributed by atoms with E-state index in [1.54, 1.807) is 12.1 Å².